The molecule has 0 radical (unpaired) electrons. The summed E-state index contributed by atoms with van der Waals surface area (Å²) in [5, 5.41) is 13.8. The summed E-state index contributed by atoms with van der Waals surface area (Å²) in [6.45, 7) is 4.77. The molecule has 0 aromatic carbocycles. The Morgan fingerprint density at radius 3 is 1.93 bits per heavy atom. The van der Waals surface area contributed by atoms with Crippen LogP contribution in [-0.4, -0.2) is 73.4 Å². The number of aliphatic hydroxyl groups is 1. The summed E-state index contributed by atoms with van der Waals surface area (Å²) in [5.41, 5.74) is 0. The lowest BCUT2D eigenvalue weighted by Crippen LogP contribution is -2.46. The second-order valence-corrected chi connectivity index (χ2v) is 14.7. The molecule has 0 rings (SSSR count). The molecular weight excluding hydrogens is 575 g/mol. The third-order valence-corrected chi connectivity index (χ3v) is 8.69. The molecule has 44 heavy (non-hydrogen) atoms. The lowest BCUT2D eigenvalue weighted by Gasteiger charge is -2.26. The predicted molar refractivity (Wildman–Crippen MR) is 185 cm³/mol. The molecular formula is C35H70N2O6P+. The maximum atomic E-state index is 12.7. The number of unbranched alkanes of at least 4 members (excludes halogenated alkanes) is 14. The number of quaternary nitrogens is 1. The van der Waals surface area contributed by atoms with Gasteiger partial charge in [0.05, 0.1) is 39.9 Å². The first-order valence-corrected chi connectivity index (χ1v) is 19.2. The van der Waals surface area contributed by atoms with E-state index in [-0.39, 0.29) is 19.1 Å². The smallest absolute Gasteiger partial charge is 0.391 e. The molecule has 0 aliphatic heterocycles. The molecule has 0 aliphatic carbocycles. The van der Waals surface area contributed by atoms with Gasteiger partial charge in [-0.2, -0.15) is 0 Å². The molecule has 0 saturated carbocycles. The number of hydrogen-bond acceptors (Lipinski definition) is 5. The van der Waals surface area contributed by atoms with Crippen molar-refractivity contribution in [3.8, 4) is 0 Å². The Kier molecular flexibility index (Phi) is 27.6. The van der Waals surface area contributed by atoms with Crippen LogP contribution in [0.3, 0.4) is 0 Å². The molecule has 0 fully saturated rings. The first-order valence-electron chi connectivity index (χ1n) is 17.7. The average Bonchev–Trinajstić information content (AvgIpc) is 2.95. The van der Waals surface area contributed by atoms with Crippen molar-refractivity contribution < 1.29 is 32.9 Å². The SMILES string of the molecule is CCCC/C=C\C/C=C\CCCCCCCC(=O)NC(COP(=O)(O)OCC[N+](C)(C)C)C(O)CCCCCCCCCC. The third-order valence-electron chi connectivity index (χ3n) is 7.70. The van der Waals surface area contributed by atoms with E-state index in [4.69, 9.17) is 9.05 Å². The number of carbonyl (C=O) groups is 1. The van der Waals surface area contributed by atoms with Gasteiger partial charge in [-0.15, -0.1) is 0 Å². The number of carbonyl (C=O) groups excluding carboxylic acids is 1. The van der Waals surface area contributed by atoms with Gasteiger partial charge >= 0.3 is 7.82 Å². The zero-order valence-corrected chi connectivity index (χ0v) is 30.0. The second-order valence-electron chi connectivity index (χ2n) is 13.2. The number of rotatable bonds is 31. The van der Waals surface area contributed by atoms with E-state index in [0.717, 1.165) is 64.2 Å². The van der Waals surface area contributed by atoms with Crippen LogP contribution in [0, 0.1) is 0 Å². The van der Waals surface area contributed by atoms with Crippen molar-refractivity contribution in [2.45, 2.75) is 154 Å². The van der Waals surface area contributed by atoms with E-state index >= 15 is 0 Å². The van der Waals surface area contributed by atoms with Crippen molar-refractivity contribution >= 4 is 13.7 Å². The van der Waals surface area contributed by atoms with E-state index in [2.05, 4.69) is 43.5 Å². The Balaban J connectivity index is 4.50. The first kappa shape index (κ1) is 43.0. The van der Waals surface area contributed by atoms with E-state index in [0.29, 0.717) is 23.9 Å². The number of hydrogen-bond donors (Lipinski definition) is 3. The molecule has 260 valence electrons. The number of aliphatic hydroxyl groups excluding tert-OH is 1. The van der Waals surface area contributed by atoms with Crippen LogP contribution in [0.4, 0.5) is 0 Å². The van der Waals surface area contributed by atoms with Crippen molar-refractivity contribution in [1.29, 1.82) is 0 Å². The van der Waals surface area contributed by atoms with Crippen LogP contribution in [0.5, 0.6) is 0 Å². The molecule has 9 heteroatoms. The number of phosphoric ester groups is 1. The van der Waals surface area contributed by atoms with Gasteiger partial charge in [-0.25, -0.2) is 4.57 Å². The van der Waals surface area contributed by atoms with Crippen LogP contribution in [0.25, 0.3) is 0 Å². The van der Waals surface area contributed by atoms with E-state index in [1.807, 2.05) is 21.1 Å². The van der Waals surface area contributed by atoms with Crippen molar-refractivity contribution in [1.82, 2.24) is 5.32 Å². The van der Waals surface area contributed by atoms with Crippen LogP contribution in [0.15, 0.2) is 24.3 Å². The van der Waals surface area contributed by atoms with E-state index in [1.165, 1.54) is 51.4 Å². The van der Waals surface area contributed by atoms with Crippen molar-refractivity contribution in [2.75, 3.05) is 40.9 Å². The summed E-state index contributed by atoms with van der Waals surface area (Å²) in [7, 11) is 1.60. The predicted octanol–water partition coefficient (Wildman–Crippen LogP) is 8.63. The summed E-state index contributed by atoms with van der Waals surface area (Å²) >= 11 is 0. The van der Waals surface area contributed by atoms with Gasteiger partial charge in [-0.05, 0) is 38.5 Å². The molecule has 1 amide bonds. The quantitative estimate of drug-likeness (QED) is 0.0302. The highest BCUT2D eigenvalue weighted by Gasteiger charge is 2.28. The molecule has 0 aliphatic rings. The van der Waals surface area contributed by atoms with Gasteiger partial charge in [0.25, 0.3) is 0 Å². The van der Waals surface area contributed by atoms with Gasteiger partial charge < -0.3 is 19.8 Å². The van der Waals surface area contributed by atoms with Crippen molar-refractivity contribution in [3.05, 3.63) is 24.3 Å². The Bertz CT molecular complexity index is 784. The Morgan fingerprint density at radius 1 is 0.773 bits per heavy atom. The average molecular weight is 646 g/mol. The van der Waals surface area contributed by atoms with Crippen LogP contribution in [0.1, 0.15) is 142 Å². The molecule has 8 nitrogen and oxygen atoms in total. The van der Waals surface area contributed by atoms with Gasteiger partial charge in [0, 0.05) is 6.42 Å². The fraction of sp³-hybridized carbons (Fsp3) is 0.857. The summed E-state index contributed by atoms with van der Waals surface area (Å²) in [5.74, 6) is -0.165. The number of likely N-dealkylation sites (N-methyl/N-ethyl adjacent to an activating group) is 1. The standard InChI is InChI=1S/C35H69N2O6P/c1-6-8-10-12-14-16-17-18-19-20-21-23-25-27-29-35(39)36-33(32-43-44(40,41)42-31-30-37(3,4)5)34(38)28-26-24-22-15-13-11-9-7-2/h12,14,17-18,33-34,38H,6-11,13,15-16,19-32H2,1-5H3,(H-,36,39,40,41)/p+1/b14-12-,18-17-. The minimum Gasteiger partial charge on any atom is -0.391 e. The van der Waals surface area contributed by atoms with Crippen LogP contribution < -0.4 is 5.32 Å². The third kappa shape index (κ3) is 29.7. The second kappa shape index (κ2) is 28.2. The minimum atomic E-state index is -4.30. The Morgan fingerprint density at radius 2 is 1.32 bits per heavy atom. The van der Waals surface area contributed by atoms with Crippen LogP contribution >= 0.6 is 7.82 Å². The fourth-order valence-electron chi connectivity index (χ4n) is 4.77. The number of nitrogens with one attached hydrogen (secondary N) is 1. The lowest BCUT2D eigenvalue weighted by atomic mass is 10.0. The maximum Gasteiger partial charge on any atom is 0.472 e. The summed E-state index contributed by atoms with van der Waals surface area (Å²) in [6, 6.07) is -0.761. The fourth-order valence-corrected chi connectivity index (χ4v) is 5.50. The number of allylic oxidation sites excluding steroid dienone is 4. The van der Waals surface area contributed by atoms with Gasteiger partial charge in [-0.3, -0.25) is 13.8 Å². The van der Waals surface area contributed by atoms with Crippen molar-refractivity contribution in [2.24, 2.45) is 0 Å². The highest BCUT2D eigenvalue weighted by atomic mass is 31.2. The molecule has 3 N–H and O–H groups in total. The molecule has 3 atom stereocenters. The molecule has 0 saturated heterocycles. The summed E-state index contributed by atoms with van der Waals surface area (Å²) < 4.78 is 23.4. The zero-order chi connectivity index (χ0) is 32.9. The van der Waals surface area contributed by atoms with Gasteiger partial charge in [0.1, 0.15) is 13.2 Å². The highest BCUT2D eigenvalue weighted by Crippen LogP contribution is 2.43. The Hall–Kier alpha value is -1.02. The molecule has 0 aromatic heterocycles. The lowest BCUT2D eigenvalue weighted by molar-refractivity contribution is -0.870. The number of amides is 1. The summed E-state index contributed by atoms with van der Waals surface area (Å²) in [6.07, 6.45) is 29.2. The van der Waals surface area contributed by atoms with Gasteiger partial charge in [-0.1, -0.05) is 122 Å². The van der Waals surface area contributed by atoms with Crippen LogP contribution in [-0.2, 0) is 18.4 Å². The van der Waals surface area contributed by atoms with E-state index in [9.17, 15) is 19.4 Å². The normalized spacial score (nSPS) is 15.2. The zero-order valence-electron chi connectivity index (χ0n) is 29.1. The first-order chi connectivity index (χ1) is 21.0. The van der Waals surface area contributed by atoms with E-state index in [1.54, 1.807) is 0 Å². The Labute approximate surface area is 271 Å². The topological polar surface area (TPSA) is 105 Å². The number of nitrogens with zero attached hydrogens (tertiary/aromatic N) is 1. The molecule has 3 unspecified atom stereocenters. The maximum absolute atomic E-state index is 12.7. The van der Waals surface area contributed by atoms with Gasteiger partial charge in [0.15, 0.2) is 0 Å². The number of phosphoric acid groups is 1. The van der Waals surface area contributed by atoms with E-state index < -0.39 is 20.0 Å². The monoisotopic (exact) mass is 645 g/mol. The minimum absolute atomic E-state index is 0.0713. The summed E-state index contributed by atoms with van der Waals surface area (Å²) in [4.78, 5) is 22.9. The largest absolute Gasteiger partial charge is 0.472 e. The molecule has 0 heterocycles. The van der Waals surface area contributed by atoms with Crippen molar-refractivity contribution in [3.63, 3.8) is 0 Å². The van der Waals surface area contributed by atoms with Gasteiger partial charge in [0.2, 0.25) is 5.91 Å². The molecule has 0 bridgehead atoms. The molecule has 0 aromatic rings. The molecule has 0 spiro atoms. The van der Waals surface area contributed by atoms with Crippen LogP contribution in [0.2, 0.25) is 0 Å². The highest BCUT2D eigenvalue weighted by molar-refractivity contribution is 7.47.